The standard InChI is InChI=1S/C15H19FN2O3/c16-12-3-5-18(6-4-12)9-15(19)17-8-11-1-2-13-14(7-11)21-10-20-13/h1-2,7,12H,3-6,8-10H2,(H,17,19). The van der Waals surface area contributed by atoms with Gasteiger partial charge < -0.3 is 14.8 Å². The van der Waals surface area contributed by atoms with Gasteiger partial charge in [-0.3, -0.25) is 9.69 Å². The van der Waals surface area contributed by atoms with Crippen LogP contribution in [-0.2, 0) is 11.3 Å². The first-order valence-electron chi connectivity index (χ1n) is 7.22. The summed E-state index contributed by atoms with van der Waals surface area (Å²) in [6.07, 6.45) is 0.336. The summed E-state index contributed by atoms with van der Waals surface area (Å²) in [4.78, 5) is 13.9. The second-order valence-electron chi connectivity index (χ2n) is 5.42. The fraction of sp³-hybridized carbons (Fsp3) is 0.533. The Morgan fingerprint density at radius 3 is 2.86 bits per heavy atom. The van der Waals surface area contributed by atoms with Crippen LogP contribution in [0.5, 0.6) is 11.5 Å². The summed E-state index contributed by atoms with van der Waals surface area (Å²) in [5.41, 5.74) is 0.968. The van der Waals surface area contributed by atoms with Crippen LogP contribution < -0.4 is 14.8 Å². The molecule has 1 aromatic rings. The minimum Gasteiger partial charge on any atom is -0.454 e. The third-order valence-electron chi connectivity index (χ3n) is 3.81. The highest BCUT2D eigenvalue weighted by Gasteiger charge is 2.20. The lowest BCUT2D eigenvalue weighted by Crippen LogP contribution is -2.41. The van der Waals surface area contributed by atoms with Crippen molar-refractivity contribution in [3.63, 3.8) is 0 Å². The number of ether oxygens (including phenoxy) is 2. The molecule has 1 aromatic carbocycles. The van der Waals surface area contributed by atoms with E-state index in [0.717, 1.165) is 11.3 Å². The number of fused-ring (bicyclic) bond motifs is 1. The Morgan fingerprint density at radius 1 is 1.29 bits per heavy atom. The zero-order valence-electron chi connectivity index (χ0n) is 11.8. The number of carbonyl (C=O) groups is 1. The molecule has 2 heterocycles. The quantitative estimate of drug-likeness (QED) is 0.913. The van der Waals surface area contributed by atoms with Crippen molar-refractivity contribution in [1.29, 1.82) is 0 Å². The Kier molecular flexibility index (Phi) is 4.24. The van der Waals surface area contributed by atoms with Crippen molar-refractivity contribution in [2.75, 3.05) is 26.4 Å². The van der Waals surface area contributed by atoms with Gasteiger partial charge in [-0.1, -0.05) is 6.07 Å². The SMILES string of the molecule is O=C(CN1CCC(F)CC1)NCc1ccc2c(c1)OCO2. The van der Waals surface area contributed by atoms with Gasteiger partial charge in [-0.05, 0) is 30.5 Å². The first-order chi connectivity index (χ1) is 10.2. The number of alkyl halides is 1. The normalized spacial score (nSPS) is 18.7. The zero-order valence-corrected chi connectivity index (χ0v) is 11.8. The Bertz CT molecular complexity index is 516. The molecule has 0 unspecified atom stereocenters. The molecular formula is C15H19FN2O3. The van der Waals surface area contributed by atoms with Gasteiger partial charge in [-0.25, -0.2) is 4.39 Å². The third kappa shape index (κ3) is 3.64. The van der Waals surface area contributed by atoms with Crippen molar-refractivity contribution in [3.8, 4) is 11.5 Å². The van der Waals surface area contributed by atoms with Crippen molar-refractivity contribution in [2.24, 2.45) is 0 Å². The first kappa shape index (κ1) is 14.1. The second-order valence-corrected chi connectivity index (χ2v) is 5.42. The lowest BCUT2D eigenvalue weighted by atomic mass is 10.1. The largest absolute Gasteiger partial charge is 0.454 e. The summed E-state index contributed by atoms with van der Waals surface area (Å²) in [6, 6.07) is 5.62. The maximum absolute atomic E-state index is 13.0. The number of hydrogen-bond donors (Lipinski definition) is 1. The summed E-state index contributed by atoms with van der Waals surface area (Å²) >= 11 is 0. The number of carbonyl (C=O) groups excluding carboxylic acids is 1. The van der Waals surface area contributed by atoms with E-state index in [0.29, 0.717) is 44.8 Å². The summed E-state index contributed by atoms with van der Waals surface area (Å²) in [6.45, 7) is 2.33. The number of amides is 1. The molecule has 0 aliphatic carbocycles. The lowest BCUT2D eigenvalue weighted by Gasteiger charge is -2.27. The van der Waals surface area contributed by atoms with E-state index in [1.165, 1.54) is 0 Å². The van der Waals surface area contributed by atoms with Gasteiger partial charge in [0.15, 0.2) is 11.5 Å². The van der Waals surface area contributed by atoms with Crippen LogP contribution in [0.1, 0.15) is 18.4 Å². The van der Waals surface area contributed by atoms with Crippen LogP contribution in [0.25, 0.3) is 0 Å². The molecule has 1 amide bonds. The Morgan fingerprint density at radius 2 is 2.05 bits per heavy atom. The molecule has 0 saturated carbocycles. The van der Waals surface area contributed by atoms with Crippen LogP contribution in [0.4, 0.5) is 4.39 Å². The van der Waals surface area contributed by atoms with Gasteiger partial charge in [0.25, 0.3) is 0 Å². The molecule has 1 N–H and O–H groups in total. The van der Waals surface area contributed by atoms with Gasteiger partial charge in [0.2, 0.25) is 12.7 Å². The Labute approximate surface area is 123 Å². The van der Waals surface area contributed by atoms with Gasteiger partial charge in [-0.2, -0.15) is 0 Å². The van der Waals surface area contributed by atoms with Crippen LogP contribution in [0.15, 0.2) is 18.2 Å². The van der Waals surface area contributed by atoms with E-state index in [-0.39, 0.29) is 12.7 Å². The fourth-order valence-corrected chi connectivity index (χ4v) is 2.57. The van der Waals surface area contributed by atoms with E-state index < -0.39 is 6.17 Å². The van der Waals surface area contributed by atoms with Crippen LogP contribution in [0, 0.1) is 0 Å². The van der Waals surface area contributed by atoms with E-state index in [2.05, 4.69) is 5.32 Å². The highest BCUT2D eigenvalue weighted by atomic mass is 19.1. The second kappa shape index (κ2) is 6.30. The van der Waals surface area contributed by atoms with Crippen molar-refractivity contribution >= 4 is 5.91 Å². The maximum atomic E-state index is 13.0. The van der Waals surface area contributed by atoms with Crippen molar-refractivity contribution in [2.45, 2.75) is 25.6 Å². The highest BCUT2D eigenvalue weighted by molar-refractivity contribution is 5.78. The summed E-state index contributed by atoms with van der Waals surface area (Å²) in [7, 11) is 0. The molecule has 5 nitrogen and oxygen atoms in total. The van der Waals surface area contributed by atoms with Gasteiger partial charge >= 0.3 is 0 Å². The molecule has 21 heavy (non-hydrogen) atoms. The molecule has 2 aliphatic rings. The average molecular weight is 294 g/mol. The van der Waals surface area contributed by atoms with E-state index in [9.17, 15) is 9.18 Å². The molecule has 0 spiro atoms. The van der Waals surface area contributed by atoms with Gasteiger partial charge in [0, 0.05) is 19.6 Å². The molecule has 0 atom stereocenters. The first-order valence-corrected chi connectivity index (χ1v) is 7.22. The van der Waals surface area contributed by atoms with Gasteiger partial charge in [-0.15, -0.1) is 0 Å². The molecule has 0 bridgehead atoms. The van der Waals surface area contributed by atoms with Crippen LogP contribution in [0.3, 0.4) is 0 Å². The Balaban J connectivity index is 1.45. The summed E-state index contributed by atoms with van der Waals surface area (Å²) in [5, 5.41) is 2.88. The number of halogens is 1. The van der Waals surface area contributed by atoms with Crippen LogP contribution in [-0.4, -0.2) is 43.4 Å². The average Bonchev–Trinajstić information content (AvgIpc) is 2.95. The van der Waals surface area contributed by atoms with E-state index in [1.807, 2.05) is 23.1 Å². The molecule has 1 saturated heterocycles. The van der Waals surface area contributed by atoms with Crippen molar-refractivity contribution in [1.82, 2.24) is 10.2 Å². The van der Waals surface area contributed by atoms with Gasteiger partial charge in [0.05, 0.1) is 6.54 Å². The maximum Gasteiger partial charge on any atom is 0.234 e. The number of nitrogens with one attached hydrogen (secondary N) is 1. The van der Waals surface area contributed by atoms with Crippen LogP contribution in [0.2, 0.25) is 0 Å². The predicted molar refractivity (Wildman–Crippen MR) is 75.0 cm³/mol. The Hall–Kier alpha value is -1.82. The van der Waals surface area contributed by atoms with E-state index in [4.69, 9.17) is 9.47 Å². The molecular weight excluding hydrogens is 275 g/mol. The van der Waals surface area contributed by atoms with E-state index >= 15 is 0 Å². The smallest absolute Gasteiger partial charge is 0.234 e. The number of nitrogens with zero attached hydrogens (tertiary/aromatic N) is 1. The minimum atomic E-state index is -0.710. The third-order valence-corrected chi connectivity index (χ3v) is 3.81. The number of piperidine rings is 1. The molecule has 114 valence electrons. The summed E-state index contributed by atoms with van der Waals surface area (Å²) < 4.78 is 23.6. The fourth-order valence-electron chi connectivity index (χ4n) is 2.57. The van der Waals surface area contributed by atoms with Crippen molar-refractivity contribution < 1.29 is 18.7 Å². The molecule has 0 radical (unpaired) electrons. The highest BCUT2D eigenvalue weighted by Crippen LogP contribution is 2.32. The minimum absolute atomic E-state index is 0.0371. The van der Waals surface area contributed by atoms with Gasteiger partial charge in [0.1, 0.15) is 6.17 Å². The monoisotopic (exact) mass is 294 g/mol. The topological polar surface area (TPSA) is 50.8 Å². The summed E-state index contributed by atoms with van der Waals surface area (Å²) in [5.74, 6) is 1.41. The lowest BCUT2D eigenvalue weighted by molar-refractivity contribution is -0.122. The molecule has 0 aromatic heterocycles. The predicted octanol–water partition coefficient (Wildman–Crippen LogP) is 1.47. The number of rotatable bonds is 4. The zero-order chi connectivity index (χ0) is 14.7. The number of hydrogen-bond acceptors (Lipinski definition) is 4. The van der Waals surface area contributed by atoms with Crippen molar-refractivity contribution in [3.05, 3.63) is 23.8 Å². The molecule has 2 aliphatic heterocycles. The van der Waals surface area contributed by atoms with E-state index in [1.54, 1.807) is 0 Å². The molecule has 3 rings (SSSR count). The number of likely N-dealkylation sites (tertiary alicyclic amines) is 1. The number of benzene rings is 1. The molecule has 6 heteroatoms. The molecule has 1 fully saturated rings. The van der Waals surface area contributed by atoms with Crippen LogP contribution >= 0.6 is 0 Å².